The minimum absolute atomic E-state index is 0.00851. The van der Waals surface area contributed by atoms with Gasteiger partial charge >= 0.3 is 0 Å². The second-order valence-corrected chi connectivity index (χ2v) is 9.11. The molecule has 3 rings (SSSR count). The van der Waals surface area contributed by atoms with Crippen molar-refractivity contribution in [3.63, 3.8) is 0 Å². The number of nitrogens with zero attached hydrogens (tertiary/aromatic N) is 1. The number of carbonyl (C=O) groups excluding carboxylic acids is 1. The molecule has 2 aromatic carbocycles. The highest BCUT2D eigenvalue weighted by Crippen LogP contribution is 2.35. The van der Waals surface area contributed by atoms with E-state index in [2.05, 4.69) is 5.32 Å². The molecular weight excluding hydrogens is 408 g/mol. The number of carbonyl (C=O) groups is 1. The number of rotatable bonds is 7. The molecule has 0 unspecified atom stereocenters. The third-order valence-electron chi connectivity index (χ3n) is 4.34. The van der Waals surface area contributed by atoms with Crippen LogP contribution in [0.25, 0.3) is 0 Å². The Morgan fingerprint density at radius 1 is 1.07 bits per heavy atom. The summed E-state index contributed by atoms with van der Waals surface area (Å²) in [6.07, 6.45) is 1.05. The van der Waals surface area contributed by atoms with Gasteiger partial charge in [-0.3, -0.25) is 9.10 Å². The van der Waals surface area contributed by atoms with Gasteiger partial charge in [0.05, 0.1) is 18.0 Å². The Labute approximate surface area is 176 Å². The zero-order chi connectivity index (χ0) is 21.9. The molecule has 1 N–H and O–H groups in total. The number of fused-ring (bicyclic) bond motifs is 1. The maximum absolute atomic E-state index is 12.9. The van der Waals surface area contributed by atoms with Crippen molar-refractivity contribution in [2.75, 3.05) is 29.1 Å². The molecule has 0 saturated heterocycles. The predicted molar refractivity (Wildman–Crippen MR) is 115 cm³/mol. The molecule has 0 spiro atoms. The molecule has 30 heavy (non-hydrogen) atoms. The number of anilines is 2. The molecule has 0 fully saturated rings. The molecule has 0 radical (unpaired) electrons. The number of nitrogens with one attached hydrogen (secondary N) is 1. The van der Waals surface area contributed by atoms with Crippen LogP contribution in [-0.4, -0.2) is 45.9 Å². The molecule has 1 atom stereocenters. The molecule has 0 aromatic heterocycles. The van der Waals surface area contributed by atoms with Crippen LogP contribution in [0.1, 0.15) is 20.8 Å². The van der Waals surface area contributed by atoms with Crippen LogP contribution in [0.15, 0.2) is 42.5 Å². The fourth-order valence-corrected chi connectivity index (χ4v) is 4.31. The average Bonchev–Trinajstić information content (AvgIpc) is 2.66. The van der Waals surface area contributed by atoms with E-state index in [0.29, 0.717) is 41.8 Å². The van der Waals surface area contributed by atoms with Gasteiger partial charge in [0, 0.05) is 17.8 Å². The van der Waals surface area contributed by atoms with Gasteiger partial charge < -0.3 is 19.5 Å². The Hall–Kier alpha value is -2.94. The largest absolute Gasteiger partial charge is 0.491 e. The first kappa shape index (κ1) is 21.8. The minimum Gasteiger partial charge on any atom is -0.491 e. The van der Waals surface area contributed by atoms with E-state index in [0.717, 1.165) is 10.6 Å². The smallest absolute Gasteiger partial charge is 0.247 e. The van der Waals surface area contributed by atoms with Crippen molar-refractivity contribution in [2.24, 2.45) is 0 Å². The molecule has 0 aliphatic carbocycles. The summed E-state index contributed by atoms with van der Waals surface area (Å²) in [4.78, 5) is 12.9. The fraction of sp³-hybridized carbons (Fsp3) is 0.381. The molecular formula is C21H26N2O6S. The number of hydrogen-bond donors (Lipinski definition) is 1. The van der Waals surface area contributed by atoms with E-state index in [9.17, 15) is 13.2 Å². The van der Waals surface area contributed by atoms with Gasteiger partial charge in [-0.25, -0.2) is 8.42 Å². The van der Waals surface area contributed by atoms with Crippen LogP contribution >= 0.6 is 0 Å². The Bertz CT molecular complexity index is 1020. The highest BCUT2D eigenvalue weighted by Gasteiger charge is 2.30. The molecule has 2 aromatic rings. The summed E-state index contributed by atoms with van der Waals surface area (Å²) < 4.78 is 42.8. The quantitative estimate of drug-likeness (QED) is 0.720. The zero-order valence-corrected chi connectivity index (χ0v) is 18.2. The predicted octanol–water partition coefficient (Wildman–Crippen LogP) is 3.04. The van der Waals surface area contributed by atoms with Crippen LogP contribution in [0.3, 0.4) is 0 Å². The maximum Gasteiger partial charge on any atom is 0.247 e. The molecule has 0 bridgehead atoms. The summed E-state index contributed by atoms with van der Waals surface area (Å²) >= 11 is 0. The van der Waals surface area contributed by atoms with E-state index in [-0.39, 0.29) is 6.10 Å². The first-order valence-corrected chi connectivity index (χ1v) is 11.5. The monoisotopic (exact) mass is 434 g/mol. The van der Waals surface area contributed by atoms with Crippen LogP contribution in [0, 0.1) is 0 Å². The van der Waals surface area contributed by atoms with Crippen LogP contribution < -0.4 is 23.8 Å². The second-order valence-electron chi connectivity index (χ2n) is 7.25. The van der Waals surface area contributed by atoms with Gasteiger partial charge in [-0.05, 0) is 45.0 Å². The molecule has 0 saturated carbocycles. The van der Waals surface area contributed by atoms with Gasteiger partial charge in [0.2, 0.25) is 15.9 Å². The highest BCUT2D eigenvalue weighted by molar-refractivity contribution is 7.92. The summed E-state index contributed by atoms with van der Waals surface area (Å²) in [5, 5.41) is 2.76. The number of benzene rings is 2. The van der Waals surface area contributed by atoms with Gasteiger partial charge in [-0.1, -0.05) is 6.07 Å². The van der Waals surface area contributed by atoms with E-state index in [4.69, 9.17) is 14.2 Å². The lowest BCUT2D eigenvalue weighted by molar-refractivity contribution is -0.116. The topological polar surface area (TPSA) is 94.2 Å². The second kappa shape index (κ2) is 8.83. The van der Waals surface area contributed by atoms with Crippen molar-refractivity contribution in [1.82, 2.24) is 0 Å². The standard InChI is InChI=1S/C21H26N2O6S/c1-14(2)29-18-7-5-6-16(12-18)22-21(24)15(3)23(30(4,25)26)17-8-9-19-20(13-17)28-11-10-27-19/h5-9,12-15H,10-11H2,1-4H3,(H,22,24)/t15-/m0/s1. The number of ether oxygens (including phenoxy) is 3. The van der Waals surface area contributed by atoms with E-state index in [1.807, 2.05) is 13.8 Å². The lowest BCUT2D eigenvalue weighted by Gasteiger charge is -2.29. The summed E-state index contributed by atoms with van der Waals surface area (Å²) in [7, 11) is -3.75. The highest BCUT2D eigenvalue weighted by atomic mass is 32.2. The van der Waals surface area contributed by atoms with Crippen LogP contribution in [0.5, 0.6) is 17.2 Å². The van der Waals surface area contributed by atoms with Crippen molar-refractivity contribution in [1.29, 1.82) is 0 Å². The van der Waals surface area contributed by atoms with E-state index in [1.54, 1.807) is 42.5 Å². The lowest BCUT2D eigenvalue weighted by Crippen LogP contribution is -2.45. The van der Waals surface area contributed by atoms with Crippen molar-refractivity contribution < 1.29 is 27.4 Å². The van der Waals surface area contributed by atoms with Crippen LogP contribution in [0.4, 0.5) is 11.4 Å². The average molecular weight is 435 g/mol. The Morgan fingerprint density at radius 3 is 2.43 bits per heavy atom. The van der Waals surface area contributed by atoms with Crippen molar-refractivity contribution in [3.05, 3.63) is 42.5 Å². The Kier molecular flexibility index (Phi) is 6.40. The summed E-state index contributed by atoms with van der Waals surface area (Å²) in [5.74, 6) is 1.12. The molecule has 1 aliphatic heterocycles. The summed E-state index contributed by atoms with van der Waals surface area (Å²) in [6.45, 7) is 6.15. The fourth-order valence-electron chi connectivity index (χ4n) is 3.14. The molecule has 162 valence electrons. The van der Waals surface area contributed by atoms with E-state index < -0.39 is 22.0 Å². The number of amides is 1. The molecule has 1 heterocycles. The van der Waals surface area contributed by atoms with Gasteiger partial charge in [0.15, 0.2) is 11.5 Å². The van der Waals surface area contributed by atoms with Crippen molar-refractivity contribution >= 4 is 27.3 Å². The van der Waals surface area contributed by atoms with Crippen LogP contribution in [0.2, 0.25) is 0 Å². The molecule has 8 nitrogen and oxygen atoms in total. The molecule has 9 heteroatoms. The van der Waals surface area contributed by atoms with Gasteiger partial charge in [0.25, 0.3) is 0 Å². The van der Waals surface area contributed by atoms with Crippen molar-refractivity contribution in [3.8, 4) is 17.2 Å². The lowest BCUT2D eigenvalue weighted by atomic mass is 10.2. The summed E-state index contributed by atoms with van der Waals surface area (Å²) in [6, 6.07) is 10.7. The Morgan fingerprint density at radius 2 is 1.77 bits per heavy atom. The van der Waals surface area contributed by atoms with Crippen molar-refractivity contribution in [2.45, 2.75) is 32.9 Å². The normalized spacial score (nSPS) is 14.2. The first-order valence-electron chi connectivity index (χ1n) is 9.62. The molecule has 1 amide bonds. The first-order chi connectivity index (χ1) is 14.1. The van der Waals surface area contributed by atoms with Gasteiger partial charge in [-0.15, -0.1) is 0 Å². The van der Waals surface area contributed by atoms with Gasteiger partial charge in [-0.2, -0.15) is 0 Å². The third-order valence-corrected chi connectivity index (χ3v) is 5.58. The maximum atomic E-state index is 12.9. The van der Waals surface area contributed by atoms with Crippen LogP contribution in [-0.2, 0) is 14.8 Å². The van der Waals surface area contributed by atoms with E-state index >= 15 is 0 Å². The number of hydrogen-bond acceptors (Lipinski definition) is 6. The Balaban J connectivity index is 1.84. The third kappa shape index (κ3) is 5.15. The molecule has 1 aliphatic rings. The minimum atomic E-state index is -3.75. The number of sulfonamides is 1. The zero-order valence-electron chi connectivity index (χ0n) is 17.4. The van der Waals surface area contributed by atoms with Gasteiger partial charge in [0.1, 0.15) is 25.0 Å². The SMILES string of the molecule is CC(C)Oc1cccc(NC(=O)[C@H](C)N(c2ccc3c(c2)OCCO3)S(C)(=O)=O)c1. The summed E-state index contributed by atoms with van der Waals surface area (Å²) in [5.41, 5.74) is 0.835. The van der Waals surface area contributed by atoms with E-state index in [1.165, 1.54) is 6.92 Å².